The monoisotopic (exact) mass is 555 g/mol. The van der Waals surface area contributed by atoms with E-state index in [4.69, 9.17) is 31.0 Å². The van der Waals surface area contributed by atoms with Gasteiger partial charge in [0, 0.05) is 29.9 Å². The molecule has 1 fully saturated rings. The molecule has 14 nitrogen and oxygen atoms in total. The van der Waals surface area contributed by atoms with E-state index in [-0.39, 0.29) is 12.1 Å². The van der Waals surface area contributed by atoms with Crippen LogP contribution in [0.2, 0.25) is 5.02 Å². The number of halogens is 1. The molecule has 0 saturated carbocycles. The summed E-state index contributed by atoms with van der Waals surface area (Å²) < 4.78 is 34.9. The van der Waals surface area contributed by atoms with Gasteiger partial charge in [-0.1, -0.05) is 35.0 Å². The number of rotatable bonds is 9. The van der Waals surface area contributed by atoms with Crippen molar-refractivity contribution in [3.63, 3.8) is 0 Å². The molecule has 0 radical (unpaired) electrons. The Hall–Kier alpha value is -1.83. The van der Waals surface area contributed by atoms with Gasteiger partial charge in [-0.2, -0.15) is 0 Å². The van der Waals surface area contributed by atoms with Gasteiger partial charge in [-0.15, -0.1) is 0 Å². The lowest BCUT2D eigenvalue weighted by Gasteiger charge is -2.19. The molecule has 1 saturated heterocycles. The summed E-state index contributed by atoms with van der Waals surface area (Å²) in [6.07, 6.45) is -4.77. The van der Waals surface area contributed by atoms with Crippen molar-refractivity contribution in [1.82, 2.24) is 9.13 Å². The van der Waals surface area contributed by atoms with E-state index in [0.29, 0.717) is 10.6 Å². The highest BCUT2D eigenvalue weighted by atomic mass is 35.5. The van der Waals surface area contributed by atoms with Crippen LogP contribution in [0.25, 0.3) is 0 Å². The van der Waals surface area contributed by atoms with Gasteiger partial charge in [-0.25, -0.2) is 4.79 Å². The molecular formula is C18H24ClN3O11P2. The molecule has 5 N–H and O–H groups in total. The quantitative estimate of drug-likeness (QED) is 0.203. The Morgan fingerprint density at radius 3 is 2.49 bits per heavy atom. The van der Waals surface area contributed by atoms with Crippen LogP contribution in [-0.4, -0.2) is 64.8 Å². The first-order chi connectivity index (χ1) is 16.3. The zero-order chi connectivity index (χ0) is 26.0. The van der Waals surface area contributed by atoms with E-state index in [2.05, 4.69) is 9.68 Å². The minimum atomic E-state index is -4.85. The molecule has 1 aromatic carbocycles. The molecule has 1 aliphatic rings. The Morgan fingerprint density at radius 1 is 1.14 bits per heavy atom. The van der Waals surface area contributed by atoms with Crippen molar-refractivity contribution in [2.24, 2.45) is 12.2 Å². The van der Waals surface area contributed by atoms with Crippen LogP contribution in [0.1, 0.15) is 11.8 Å². The van der Waals surface area contributed by atoms with E-state index >= 15 is 0 Å². The third-order valence-corrected chi connectivity index (χ3v) is 8.81. The second-order valence-corrected chi connectivity index (χ2v) is 12.1. The maximum absolute atomic E-state index is 12.8. The van der Waals surface area contributed by atoms with Crippen molar-refractivity contribution in [3.8, 4) is 0 Å². The summed E-state index contributed by atoms with van der Waals surface area (Å²) in [6.45, 7) is -0.718. The lowest BCUT2D eigenvalue weighted by atomic mass is 10.1. The van der Waals surface area contributed by atoms with E-state index in [9.17, 15) is 29.0 Å². The maximum atomic E-state index is 12.8. The molecule has 1 aromatic heterocycles. The smallest absolute Gasteiger partial charge is 0.340 e. The lowest BCUT2D eigenvalue weighted by molar-refractivity contribution is -0.0530. The maximum Gasteiger partial charge on any atom is 0.340 e. The van der Waals surface area contributed by atoms with Crippen molar-refractivity contribution < 1.29 is 48.1 Å². The molecule has 0 amide bonds. The van der Waals surface area contributed by atoms with Crippen LogP contribution in [0.4, 0.5) is 0 Å². The number of aliphatic hydroxyl groups is 2. The first-order valence-corrected chi connectivity index (χ1v) is 13.9. The molecule has 5 atom stereocenters. The summed E-state index contributed by atoms with van der Waals surface area (Å²) >= 11 is 6.06. The highest BCUT2D eigenvalue weighted by molar-refractivity contribution is 7.70. The Balaban J connectivity index is 1.72. The van der Waals surface area contributed by atoms with Gasteiger partial charge >= 0.3 is 20.9 Å². The zero-order valence-electron chi connectivity index (χ0n) is 18.2. The van der Waals surface area contributed by atoms with Gasteiger partial charge in [0.05, 0.1) is 6.61 Å². The van der Waals surface area contributed by atoms with Crippen LogP contribution in [0.3, 0.4) is 0 Å². The molecule has 1 aliphatic heterocycles. The summed E-state index contributed by atoms with van der Waals surface area (Å²) in [5.74, 6) is -1.42. The fourth-order valence-corrected chi connectivity index (χ4v) is 5.98. The Bertz CT molecular complexity index is 1280. The molecule has 2 aromatic rings. The molecule has 0 spiro atoms. The predicted molar refractivity (Wildman–Crippen MR) is 120 cm³/mol. The van der Waals surface area contributed by atoms with Crippen molar-refractivity contribution in [3.05, 3.63) is 63.1 Å². The van der Waals surface area contributed by atoms with Gasteiger partial charge in [0.25, 0.3) is 0 Å². The number of aromatic nitrogens is 2. The molecular weight excluding hydrogens is 532 g/mol. The third-order valence-electron chi connectivity index (χ3n) is 4.99. The largest absolute Gasteiger partial charge is 0.389 e. The van der Waals surface area contributed by atoms with Crippen molar-refractivity contribution in [2.45, 2.75) is 31.1 Å². The number of hydrogen-bond donors (Lipinski definition) is 5. The number of ether oxygens (including phenoxy) is 1. The topological polar surface area (TPSA) is 202 Å². The summed E-state index contributed by atoms with van der Waals surface area (Å²) in [5.41, 5.74) is 0.122. The average molecular weight is 556 g/mol. The van der Waals surface area contributed by atoms with Gasteiger partial charge in [0.1, 0.15) is 24.9 Å². The minimum Gasteiger partial charge on any atom is -0.389 e. The van der Waals surface area contributed by atoms with E-state index < -0.39 is 57.9 Å². The molecule has 17 heteroatoms. The molecule has 2 heterocycles. The number of aliphatic hydroxyl groups excluding tert-OH is 2. The van der Waals surface area contributed by atoms with Crippen molar-refractivity contribution >= 4 is 26.8 Å². The molecule has 3 rings (SSSR count). The number of benzene rings is 1. The Labute approximate surface area is 203 Å². The first-order valence-electron chi connectivity index (χ1n) is 9.99. The van der Waals surface area contributed by atoms with Gasteiger partial charge in [0.15, 0.2) is 17.6 Å². The second kappa shape index (κ2) is 11.1. The molecule has 1 unspecified atom stereocenters. The Morgan fingerprint density at radius 2 is 1.83 bits per heavy atom. The normalized spacial score (nSPS) is 24.9. The van der Waals surface area contributed by atoms with Crippen LogP contribution in [-0.2, 0) is 36.9 Å². The highest BCUT2D eigenvalue weighted by Gasteiger charge is 2.45. The van der Waals surface area contributed by atoms with E-state index in [1.165, 1.54) is 19.3 Å². The van der Waals surface area contributed by atoms with Gasteiger partial charge < -0.3 is 39.0 Å². The standard InChI is InChI=1S/C18H24ClN3O11P2/c1-21-14(20-31-8-11-4-2-3-5-12(11)19)6-7-22(18(21)25)17-16(24)15(23)13(33-17)9-32-35(29,30)10-34(26,27)28/h2-7,13,15-17,23-24H,8-10H2,1H3,(H,29,30)(H2,26,27,28)/t13-,15-,16-,17-/m1/s1. The Kier molecular flexibility index (Phi) is 8.77. The third kappa shape index (κ3) is 7.11. The van der Waals surface area contributed by atoms with E-state index in [1.54, 1.807) is 24.3 Å². The van der Waals surface area contributed by atoms with Crippen LogP contribution >= 0.6 is 26.8 Å². The van der Waals surface area contributed by atoms with Crippen molar-refractivity contribution in [2.75, 3.05) is 12.5 Å². The fraction of sp³-hybridized carbons (Fsp3) is 0.444. The average Bonchev–Trinajstić information content (AvgIpc) is 3.03. The van der Waals surface area contributed by atoms with Crippen molar-refractivity contribution in [1.29, 1.82) is 0 Å². The first kappa shape index (κ1) is 27.8. The SMILES string of the molecule is Cn1c(=NOCc2ccccc2Cl)ccn([C@@H]2O[C@H](COP(=O)(O)CP(=O)(O)O)[C@@H](O)[C@H]2O)c1=O. The second-order valence-electron chi connectivity index (χ2n) is 7.66. The summed E-state index contributed by atoms with van der Waals surface area (Å²) in [5, 5.41) is 25.0. The molecule has 35 heavy (non-hydrogen) atoms. The summed E-state index contributed by atoms with van der Waals surface area (Å²) in [6, 6.07) is 8.38. The lowest BCUT2D eigenvalue weighted by Crippen LogP contribution is -2.42. The van der Waals surface area contributed by atoms with Gasteiger partial charge in [0.2, 0.25) is 0 Å². The van der Waals surface area contributed by atoms with Crippen LogP contribution in [0.15, 0.2) is 46.5 Å². The predicted octanol–water partition coefficient (Wildman–Crippen LogP) is -0.171. The molecule has 194 valence electrons. The van der Waals surface area contributed by atoms with Gasteiger partial charge in [-0.05, 0) is 6.07 Å². The van der Waals surface area contributed by atoms with Crippen LogP contribution < -0.4 is 11.2 Å². The summed E-state index contributed by atoms with van der Waals surface area (Å²) in [4.78, 5) is 45.3. The number of nitrogens with zero attached hydrogens (tertiary/aromatic N) is 3. The fourth-order valence-electron chi connectivity index (χ4n) is 3.22. The summed E-state index contributed by atoms with van der Waals surface area (Å²) in [7, 11) is -8.17. The zero-order valence-corrected chi connectivity index (χ0v) is 20.7. The van der Waals surface area contributed by atoms with E-state index in [1.807, 2.05) is 0 Å². The van der Waals surface area contributed by atoms with Crippen LogP contribution in [0, 0.1) is 0 Å². The molecule has 0 bridgehead atoms. The van der Waals surface area contributed by atoms with Gasteiger partial charge in [-0.3, -0.25) is 18.3 Å². The van der Waals surface area contributed by atoms with E-state index in [0.717, 1.165) is 9.13 Å². The minimum absolute atomic E-state index is 0.0534. The van der Waals surface area contributed by atoms with Crippen LogP contribution in [0.5, 0.6) is 0 Å². The highest BCUT2D eigenvalue weighted by Crippen LogP contribution is 2.55. The molecule has 0 aliphatic carbocycles. The number of hydrogen-bond acceptors (Lipinski definition) is 9.